The van der Waals surface area contributed by atoms with E-state index in [0.29, 0.717) is 17.9 Å². The Bertz CT molecular complexity index is 374. The summed E-state index contributed by atoms with van der Waals surface area (Å²) in [4.78, 5) is 12.1. The van der Waals surface area contributed by atoms with Crippen LogP contribution in [0.4, 0.5) is 0 Å². The summed E-state index contributed by atoms with van der Waals surface area (Å²) < 4.78 is 0. The molecule has 0 heterocycles. The standard InChI is InChI=1S/C15H21NO/c1-11-7-6-10-14(12(11)2)16-15(17)13-8-4-3-5-9-13/h3-5,8-9,11-12,14H,6-7,10H2,1-2H3,(H,16,17)/t11-,12-,14+/m1/s1. The van der Waals surface area contributed by atoms with E-state index in [4.69, 9.17) is 0 Å². The van der Waals surface area contributed by atoms with Gasteiger partial charge in [-0.1, -0.05) is 44.9 Å². The van der Waals surface area contributed by atoms with E-state index in [9.17, 15) is 4.79 Å². The van der Waals surface area contributed by atoms with Crippen molar-refractivity contribution >= 4 is 5.91 Å². The van der Waals surface area contributed by atoms with E-state index in [-0.39, 0.29) is 5.91 Å². The first-order valence-corrected chi connectivity index (χ1v) is 6.54. The fraction of sp³-hybridized carbons (Fsp3) is 0.533. The first-order chi connectivity index (χ1) is 8.18. The predicted octanol–water partition coefficient (Wildman–Crippen LogP) is 3.24. The summed E-state index contributed by atoms with van der Waals surface area (Å²) in [6, 6.07) is 9.82. The zero-order chi connectivity index (χ0) is 12.3. The zero-order valence-corrected chi connectivity index (χ0v) is 10.6. The fourth-order valence-corrected chi connectivity index (χ4v) is 2.63. The van der Waals surface area contributed by atoms with Crippen molar-refractivity contribution < 1.29 is 4.79 Å². The number of benzene rings is 1. The smallest absolute Gasteiger partial charge is 0.251 e. The van der Waals surface area contributed by atoms with Crippen molar-refractivity contribution in [1.29, 1.82) is 0 Å². The second-order valence-corrected chi connectivity index (χ2v) is 5.21. The Morgan fingerprint density at radius 1 is 1.18 bits per heavy atom. The maximum absolute atomic E-state index is 12.1. The third kappa shape index (κ3) is 2.87. The third-order valence-corrected chi connectivity index (χ3v) is 4.06. The predicted molar refractivity (Wildman–Crippen MR) is 69.9 cm³/mol. The van der Waals surface area contributed by atoms with Crippen LogP contribution in [0, 0.1) is 11.8 Å². The fourth-order valence-electron chi connectivity index (χ4n) is 2.63. The maximum atomic E-state index is 12.1. The van der Waals surface area contributed by atoms with Gasteiger partial charge in [0.1, 0.15) is 0 Å². The normalized spacial score (nSPS) is 28.7. The first kappa shape index (κ1) is 12.2. The van der Waals surface area contributed by atoms with Crippen molar-refractivity contribution in [3.8, 4) is 0 Å². The lowest BCUT2D eigenvalue weighted by Gasteiger charge is -2.34. The van der Waals surface area contributed by atoms with Gasteiger partial charge in [-0.3, -0.25) is 4.79 Å². The van der Waals surface area contributed by atoms with Crippen LogP contribution in [-0.4, -0.2) is 11.9 Å². The van der Waals surface area contributed by atoms with Gasteiger partial charge in [0.25, 0.3) is 5.91 Å². The molecule has 1 fully saturated rings. The molecule has 1 aliphatic rings. The highest BCUT2D eigenvalue weighted by molar-refractivity contribution is 5.94. The van der Waals surface area contributed by atoms with Gasteiger partial charge in [-0.25, -0.2) is 0 Å². The van der Waals surface area contributed by atoms with Crippen LogP contribution in [-0.2, 0) is 0 Å². The maximum Gasteiger partial charge on any atom is 0.251 e. The Labute approximate surface area is 103 Å². The molecule has 0 aromatic heterocycles. The van der Waals surface area contributed by atoms with E-state index < -0.39 is 0 Å². The summed E-state index contributed by atoms with van der Waals surface area (Å²) in [6.45, 7) is 4.53. The molecule has 0 spiro atoms. The minimum atomic E-state index is 0.0663. The first-order valence-electron chi connectivity index (χ1n) is 6.54. The van der Waals surface area contributed by atoms with Gasteiger partial charge in [-0.15, -0.1) is 0 Å². The molecule has 0 unspecified atom stereocenters. The Kier molecular flexibility index (Phi) is 3.82. The number of carbonyl (C=O) groups is 1. The van der Waals surface area contributed by atoms with Gasteiger partial charge in [0, 0.05) is 11.6 Å². The molecule has 3 atom stereocenters. The molecule has 1 N–H and O–H groups in total. The molecule has 1 amide bonds. The summed E-state index contributed by atoms with van der Waals surface area (Å²) in [5.74, 6) is 1.36. The second kappa shape index (κ2) is 5.35. The molecule has 1 aliphatic carbocycles. The average molecular weight is 231 g/mol. The van der Waals surface area contributed by atoms with Gasteiger partial charge >= 0.3 is 0 Å². The number of nitrogens with one attached hydrogen (secondary N) is 1. The van der Waals surface area contributed by atoms with Crippen LogP contribution in [0.15, 0.2) is 30.3 Å². The molecule has 1 aromatic rings. The van der Waals surface area contributed by atoms with Crippen LogP contribution >= 0.6 is 0 Å². The molecule has 17 heavy (non-hydrogen) atoms. The van der Waals surface area contributed by atoms with Crippen LogP contribution < -0.4 is 5.32 Å². The Balaban J connectivity index is 1.99. The summed E-state index contributed by atoms with van der Waals surface area (Å²) in [5, 5.41) is 3.18. The third-order valence-electron chi connectivity index (χ3n) is 4.06. The minimum absolute atomic E-state index is 0.0663. The Morgan fingerprint density at radius 2 is 1.88 bits per heavy atom. The van der Waals surface area contributed by atoms with E-state index in [2.05, 4.69) is 19.2 Å². The van der Waals surface area contributed by atoms with Crippen LogP contribution in [0.25, 0.3) is 0 Å². The van der Waals surface area contributed by atoms with Gasteiger partial charge in [0.15, 0.2) is 0 Å². The number of amides is 1. The van der Waals surface area contributed by atoms with Gasteiger partial charge in [0.2, 0.25) is 0 Å². The summed E-state index contributed by atoms with van der Waals surface area (Å²) in [6.07, 6.45) is 3.63. The van der Waals surface area contributed by atoms with Crippen molar-refractivity contribution in [2.24, 2.45) is 11.8 Å². The average Bonchev–Trinajstić information content (AvgIpc) is 2.36. The van der Waals surface area contributed by atoms with Gasteiger partial charge < -0.3 is 5.32 Å². The Hall–Kier alpha value is -1.31. The molecule has 1 saturated carbocycles. The van der Waals surface area contributed by atoms with Gasteiger partial charge in [0.05, 0.1) is 0 Å². The molecule has 1 aromatic carbocycles. The van der Waals surface area contributed by atoms with E-state index in [1.165, 1.54) is 12.8 Å². The van der Waals surface area contributed by atoms with Crippen molar-refractivity contribution in [2.75, 3.05) is 0 Å². The zero-order valence-electron chi connectivity index (χ0n) is 10.6. The van der Waals surface area contributed by atoms with E-state index in [1.54, 1.807) is 0 Å². The van der Waals surface area contributed by atoms with Crippen molar-refractivity contribution in [3.63, 3.8) is 0 Å². The molecule has 2 nitrogen and oxygen atoms in total. The van der Waals surface area contributed by atoms with Crippen molar-refractivity contribution in [2.45, 2.75) is 39.2 Å². The molecular weight excluding hydrogens is 210 g/mol. The second-order valence-electron chi connectivity index (χ2n) is 5.21. The van der Waals surface area contributed by atoms with E-state index >= 15 is 0 Å². The minimum Gasteiger partial charge on any atom is -0.349 e. The summed E-state index contributed by atoms with van der Waals surface area (Å²) in [7, 11) is 0. The number of hydrogen-bond acceptors (Lipinski definition) is 1. The number of rotatable bonds is 2. The van der Waals surface area contributed by atoms with Gasteiger partial charge in [-0.05, 0) is 30.4 Å². The lowest BCUT2D eigenvalue weighted by molar-refractivity contribution is 0.0891. The molecule has 0 radical (unpaired) electrons. The van der Waals surface area contributed by atoms with Crippen LogP contribution in [0.3, 0.4) is 0 Å². The van der Waals surface area contributed by atoms with Crippen molar-refractivity contribution in [3.05, 3.63) is 35.9 Å². The van der Waals surface area contributed by atoms with Gasteiger partial charge in [-0.2, -0.15) is 0 Å². The lowest BCUT2D eigenvalue weighted by atomic mass is 9.78. The SMILES string of the molecule is C[C@@H]1[C@H](C)CCC[C@@H]1NC(=O)c1ccccc1. The molecular formula is C15H21NO. The molecule has 92 valence electrons. The molecule has 0 saturated heterocycles. The summed E-state index contributed by atoms with van der Waals surface area (Å²) >= 11 is 0. The monoisotopic (exact) mass is 231 g/mol. The van der Waals surface area contributed by atoms with E-state index in [1.807, 2.05) is 30.3 Å². The number of hydrogen-bond donors (Lipinski definition) is 1. The molecule has 0 aliphatic heterocycles. The van der Waals surface area contributed by atoms with Crippen LogP contribution in [0.5, 0.6) is 0 Å². The molecule has 2 heteroatoms. The largest absolute Gasteiger partial charge is 0.349 e. The Morgan fingerprint density at radius 3 is 2.59 bits per heavy atom. The highest BCUT2D eigenvalue weighted by atomic mass is 16.1. The topological polar surface area (TPSA) is 29.1 Å². The highest BCUT2D eigenvalue weighted by Crippen LogP contribution is 2.29. The van der Waals surface area contributed by atoms with Crippen molar-refractivity contribution in [1.82, 2.24) is 5.32 Å². The number of carbonyl (C=O) groups excluding carboxylic acids is 1. The van der Waals surface area contributed by atoms with E-state index in [0.717, 1.165) is 12.0 Å². The molecule has 2 rings (SSSR count). The summed E-state index contributed by atoms with van der Waals surface area (Å²) in [5.41, 5.74) is 0.762. The lowest BCUT2D eigenvalue weighted by Crippen LogP contribution is -2.43. The highest BCUT2D eigenvalue weighted by Gasteiger charge is 2.28. The molecule has 0 bridgehead atoms. The quantitative estimate of drug-likeness (QED) is 0.831. The van der Waals surface area contributed by atoms with Crippen LogP contribution in [0.1, 0.15) is 43.5 Å². The van der Waals surface area contributed by atoms with Crippen LogP contribution in [0.2, 0.25) is 0 Å².